The van der Waals surface area contributed by atoms with E-state index in [1.165, 1.54) is 43.4 Å². The van der Waals surface area contributed by atoms with Crippen LogP contribution in [0.1, 0.15) is 0 Å². The van der Waals surface area contributed by atoms with Crippen molar-refractivity contribution >= 4 is 32.3 Å². The summed E-state index contributed by atoms with van der Waals surface area (Å²) in [7, 11) is 0. The van der Waals surface area contributed by atoms with Crippen LogP contribution in [-0.2, 0) is 0 Å². The van der Waals surface area contributed by atoms with E-state index in [2.05, 4.69) is 145 Å². The molecule has 0 saturated heterocycles. The molecule has 224 valence electrons. The third kappa shape index (κ3) is 4.99. The first kappa shape index (κ1) is 27.8. The first-order valence-electron chi connectivity index (χ1n) is 16.2. The fourth-order valence-electron chi connectivity index (χ4n) is 6.77. The standard InChI is InChI=1S/C45H29N3/c1-2-10-32(11-3-1)42-28-43(48-45(47-42)35-22-16-30(17-23-35)37-13-8-26-46-29-37)33-18-20-34(21-19-33)44-39-15-7-5-12-36(39)27-41-38-14-6-4-9-31(38)24-25-40(41)44/h1-29H. The van der Waals surface area contributed by atoms with Crippen LogP contribution in [0.25, 0.3) is 88.5 Å². The number of fused-ring (bicyclic) bond motifs is 4. The summed E-state index contributed by atoms with van der Waals surface area (Å²) < 4.78 is 0. The third-order valence-corrected chi connectivity index (χ3v) is 9.17. The number of nitrogens with zero attached hydrogens (tertiary/aromatic N) is 3. The van der Waals surface area contributed by atoms with Gasteiger partial charge in [-0.15, -0.1) is 0 Å². The van der Waals surface area contributed by atoms with Crippen molar-refractivity contribution in [1.29, 1.82) is 0 Å². The molecule has 48 heavy (non-hydrogen) atoms. The second-order valence-corrected chi connectivity index (χ2v) is 12.1. The Bertz CT molecular complexity index is 2580. The Morgan fingerprint density at radius 3 is 1.69 bits per heavy atom. The van der Waals surface area contributed by atoms with Gasteiger partial charge in [0.2, 0.25) is 0 Å². The molecule has 0 radical (unpaired) electrons. The smallest absolute Gasteiger partial charge is 0.160 e. The number of pyridine rings is 1. The molecule has 0 saturated carbocycles. The molecule has 0 unspecified atom stereocenters. The lowest BCUT2D eigenvalue weighted by Gasteiger charge is -2.15. The Hall–Kier alpha value is -6.45. The van der Waals surface area contributed by atoms with Gasteiger partial charge in [-0.2, -0.15) is 0 Å². The van der Waals surface area contributed by atoms with Gasteiger partial charge >= 0.3 is 0 Å². The molecular weight excluding hydrogens is 583 g/mol. The van der Waals surface area contributed by atoms with Gasteiger partial charge in [-0.05, 0) is 72.8 Å². The normalized spacial score (nSPS) is 11.3. The zero-order chi connectivity index (χ0) is 31.9. The molecular formula is C45H29N3. The molecule has 0 aliphatic heterocycles. The summed E-state index contributed by atoms with van der Waals surface area (Å²) in [6.07, 6.45) is 3.67. The molecule has 0 N–H and O–H groups in total. The largest absolute Gasteiger partial charge is 0.264 e. The molecule has 7 aromatic carbocycles. The van der Waals surface area contributed by atoms with E-state index < -0.39 is 0 Å². The Balaban J connectivity index is 1.17. The van der Waals surface area contributed by atoms with Crippen molar-refractivity contribution in [3.05, 3.63) is 176 Å². The Morgan fingerprint density at radius 2 is 0.938 bits per heavy atom. The first-order valence-corrected chi connectivity index (χ1v) is 16.2. The number of rotatable bonds is 5. The van der Waals surface area contributed by atoms with Crippen molar-refractivity contribution in [2.75, 3.05) is 0 Å². The van der Waals surface area contributed by atoms with Crippen molar-refractivity contribution in [1.82, 2.24) is 15.0 Å². The van der Waals surface area contributed by atoms with Gasteiger partial charge in [-0.25, -0.2) is 9.97 Å². The van der Waals surface area contributed by atoms with E-state index >= 15 is 0 Å². The number of hydrogen-bond acceptors (Lipinski definition) is 3. The average molecular weight is 612 g/mol. The number of hydrogen-bond donors (Lipinski definition) is 0. The van der Waals surface area contributed by atoms with E-state index in [1.54, 1.807) is 6.20 Å². The van der Waals surface area contributed by atoms with Crippen LogP contribution in [0.4, 0.5) is 0 Å². The van der Waals surface area contributed by atoms with Gasteiger partial charge in [0.05, 0.1) is 11.4 Å². The van der Waals surface area contributed by atoms with Crippen LogP contribution in [0, 0.1) is 0 Å². The van der Waals surface area contributed by atoms with E-state index in [4.69, 9.17) is 9.97 Å². The fraction of sp³-hybridized carbons (Fsp3) is 0. The minimum Gasteiger partial charge on any atom is -0.264 e. The van der Waals surface area contributed by atoms with Gasteiger partial charge < -0.3 is 0 Å². The van der Waals surface area contributed by atoms with Gasteiger partial charge in [-0.1, -0.05) is 146 Å². The van der Waals surface area contributed by atoms with Gasteiger partial charge in [-0.3, -0.25) is 4.98 Å². The highest BCUT2D eigenvalue weighted by Gasteiger charge is 2.14. The van der Waals surface area contributed by atoms with Gasteiger partial charge in [0, 0.05) is 29.1 Å². The molecule has 2 aromatic heterocycles. The molecule has 9 rings (SSSR count). The molecule has 3 heteroatoms. The van der Waals surface area contributed by atoms with Gasteiger partial charge in [0.25, 0.3) is 0 Å². The van der Waals surface area contributed by atoms with Crippen LogP contribution in [0.2, 0.25) is 0 Å². The van der Waals surface area contributed by atoms with Crippen molar-refractivity contribution in [2.45, 2.75) is 0 Å². The molecule has 2 heterocycles. The SMILES string of the molecule is c1ccc(-c2cc(-c3ccc(-c4c5ccccc5cc5c4ccc4ccccc45)cc3)nc(-c3ccc(-c4cccnc4)cc3)n2)cc1. The first-order chi connectivity index (χ1) is 23.8. The fourth-order valence-corrected chi connectivity index (χ4v) is 6.77. The summed E-state index contributed by atoms with van der Waals surface area (Å²) in [5.74, 6) is 0.695. The predicted molar refractivity (Wildman–Crippen MR) is 200 cm³/mol. The van der Waals surface area contributed by atoms with E-state index in [9.17, 15) is 0 Å². The Labute approximate surface area is 278 Å². The lowest BCUT2D eigenvalue weighted by molar-refractivity contribution is 1.18. The maximum absolute atomic E-state index is 5.11. The Kier molecular flexibility index (Phi) is 6.80. The minimum atomic E-state index is 0.695. The van der Waals surface area contributed by atoms with Crippen molar-refractivity contribution in [2.24, 2.45) is 0 Å². The van der Waals surface area contributed by atoms with E-state index in [-0.39, 0.29) is 0 Å². The second kappa shape index (κ2) is 11.7. The summed E-state index contributed by atoms with van der Waals surface area (Å²) in [6, 6.07) is 57.9. The maximum atomic E-state index is 5.11. The summed E-state index contributed by atoms with van der Waals surface area (Å²) in [4.78, 5) is 14.4. The monoisotopic (exact) mass is 611 g/mol. The van der Waals surface area contributed by atoms with E-state index in [0.717, 1.165) is 39.2 Å². The van der Waals surface area contributed by atoms with Crippen LogP contribution < -0.4 is 0 Å². The van der Waals surface area contributed by atoms with Crippen molar-refractivity contribution in [3.8, 4) is 56.2 Å². The molecule has 3 nitrogen and oxygen atoms in total. The highest BCUT2D eigenvalue weighted by Crippen LogP contribution is 2.40. The molecule has 0 aliphatic carbocycles. The maximum Gasteiger partial charge on any atom is 0.160 e. The number of aromatic nitrogens is 3. The summed E-state index contributed by atoms with van der Waals surface area (Å²) in [5, 5.41) is 7.54. The van der Waals surface area contributed by atoms with Crippen LogP contribution >= 0.6 is 0 Å². The highest BCUT2D eigenvalue weighted by atomic mass is 14.9. The van der Waals surface area contributed by atoms with Crippen LogP contribution in [-0.4, -0.2) is 15.0 Å². The van der Waals surface area contributed by atoms with Crippen molar-refractivity contribution in [3.63, 3.8) is 0 Å². The quantitative estimate of drug-likeness (QED) is 0.144. The van der Waals surface area contributed by atoms with Gasteiger partial charge in [0.15, 0.2) is 5.82 Å². The van der Waals surface area contributed by atoms with Crippen LogP contribution in [0.3, 0.4) is 0 Å². The van der Waals surface area contributed by atoms with E-state index in [0.29, 0.717) is 5.82 Å². The average Bonchev–Trinajstić information content (AvgIpc) is 3.17. The lowest BCUT2D eigenvalue weighted by atomic mass is 9.89. The molecule has 0 spiro atoms. The summed E-state index contributed by atoms with van der Waals surface area (Å²) in [6.45, 7) is 0. The zero-order valence-electron chi connectivity index (χ0n) is 26.1. The summed E-state index contributed by atoms with van der Waals surface area (Å²) in [5.41, 5.74) is 9.46. The molecule has 0 bridgehead atoms. The number of benzene rings is 7. The topological polar surface area (TPSA) is 38.7 Å². The van der Waals surface area contributed by atoms with Crippen LogP contribution in [0.5, 0.6) is 0 Å². The second-order valence-electron chi connectivity index (χ2n) is 12.1. The summed E-state index contributed by atoms with van der Waals surface area (Å²) >= 11 is 0. The van der Waals surface area contributed by atoms with Crippen molar-refractivity contribution < 1.29 is 0 Å². The minimum absolute atomic E-state index is 0.695. The Morgan fingerprint density at radius 1 is 0.333 bits per heavy atom. The zero-order valence-corrected chi connectivity index (χ0v) is 26.1. The predicted octanol–water partition coefficient (Wildman–Crippen LogP) is 11.7. The molecule has 0 aliphatic rings. The molecule has 9 aromatic rings. The third-order valence-electron chi connectivity index (χ3n) is 9.17. The lowest BCUT2D eigenvalue weighted by Crippen LogP contribution is -1.96. The molecule has 0 fully saturated rings. The highest BCUT2D eigenvalue weighted by molar-refractivity contribution is 6.20. The molecule has 0 amide bonds. The van der Waals surface area contributed by atoms with Gasteiger partial charge in [0.1, 0.15) is 0 Å². The molecule has 0 atom stereocenters. The van der Waals surface area contributed by atoms with Crippen LogP contribution in [0.15, 0.2) is 176 Å². The van der Waals surface area contributed by atoms with E-state index in [1.807, 2.05) is 30.5 Å².